The molecule has 0 N–H and O–H groups in total. The molecule has 1 heterocycles. The average molecular weight is 243 g/mol. The van der Waals surface area contributed by atoms with Gasteiger partial charge in [0.05, 0.1) is 6.21 Å². The van der Waals surface area contributed by atoms with E-state index in [0.29, 0.717) is 6.17 Å². The summed E-state index contributed by atoms with van der Waals surface area (Å²) >= 11 is 0. The molecule has 0 aromatic carbocycles. The van der Waals surface area contributed by atoms with Crippen LogP contribution in [0.5, 0.6) is 0 Å². The van der Waals surface area contributed by atoms with Crippen LogP contribution in [-0.2, 0) is 32.7 Å². The molecule has 2 nitrogen and oxygen atoms in total. The minimum atomic E-state index is 0. The van der Waals surface area contributed by atoms with E-state index in [-0.39, 0.29) is 32.7 Å². The molecule has 1 rings (SSSR count). The van der Waals surface area contributed by atoms with Gasteiger partial charge >= 0.3 is 0 Å². The normalized spacial score (nSPS) is 19.0. The molecular weight excluding hydrogens is 225 g/mol. The fourth-order valence-corrected chi connectivity index (χ4v) is 0.908. The molecule has 1 aliphatic heterocycles. The first-order valence-electron chi connectivity index (χ1n) is 4.22. The van der Waals surface area contributed by atoms with Gasteiger partial charge < -0.3 is 6.92 Å². The zero-order valence-electron chi connectivity index (χ0n) is 8.33. The molecule has 12 heavy (non-hydrogen) atoms. The monoisotopic (exact) mass is 243 g/mol. The van der Waals surface area contributed by atoms with Crippen molar-refractivity contribution in [3.8, 4) is 0 Å². The first-order chi connectivity index (χ1) is 5.34. The summed E-state index contributed by atoms with van der Waals surface area (Å²) in [5, 5.41) is 0. The van der Waals surface area contributed by atoms with Gasteiger partial charge in [-0.15, -0.1) is 0 Å². The molecule has 0 saturated heterocycles. The minimum absolute atomic E-state index is 0. The molecule has 1 radical (unpaired) electrons. The summed E-state index contributed by atoms with van der Waals surface area (Å²) in [5.74, 6) is 0. The Morgan fingerprint density at radius 2 is 2.08 bits per heavy atom. The summed E-state index contributed by atoms with van der Waals surface area (Å²) in [5.41, 5.74) is 0. The van der Waals surface area contributed by atoms with E-state index in [4.69, 9.17) is 0 Å². The molecule has 1 unspecified atom stereocenters. The van der Waals surface area contributed by atoms with Crippen molar-refractivity contribution in [3.63, 3.8) is 0 Å². The molecule has 1 aliphatic rings. The van der Waals surface area contributed by atoms with Crippen LogP contribution in [0.3, 0.4) is 0 Å². The molecule has 0 amide bonds. The van der Waals surface area contributed by atoms with E-state index in [1.165, 1.54) is 0 Å². The molecule has 0 aromatic heterocycles. The molecule has 0 fully saturated rings. The maximum Gasteiger partial charge on any atom is 0.242 e. The molecule has 0 aromatic rings. The summed E-state index contributed by atoms with van der Waals surface area (Å²) in [6.07, 6.45) is 6.21. The Labute approximate surface area is 101 Å². The van der Waals surface area contributed by atoms with Crippen LogP contribution in [0.4, 0.5) is 0 Å². The molecule has 3 heteroatoms. The summed E-state index contributed by atoms with van der Waals surface area (Å²) in [6.45, 7) is 7.77. The smallest absolute Gasteiger partial charge is 0.242 e. The third-order valence-corrected chi connectivity index (χ3v) is 1.49. The predicted molar refractivity (Wildman–Crippen MR) is 50.5 cm³/mol. The maximum atomic E-state index is 4.21. The SMILES string of the molecule is CC.[CH2-]CCC1N=CC=[N+]1C.[Y]. The summed E-state index contributed by atoms with van der Waals surface area (Å²) in [7, 11) is 2.04. The zero-order chi connectivity index (χ0) is 8.69. The van der Waals surface area contributed by atoms with Crippen LogP contribution in [0.15, 0.2) is 4.99 Å². The zero-order valence-corrected chi connectivity index (χ0v) is 11.2. The van der Waals surface area contributed by atoms with Crippen molar-refractivity contribution >= 4 is 12.4 Å². The van der Waals surface area contributed by atoms with Crippen LogP contribution < -0.4 is 0 Å². The van der Waals surface area contributed by atoms with E-state index in [0.717, 1.165) is 12.8 Å². The van der Waals surface area contributed by atoms with Gasteiger partial charge in [0.2, 0.25) is 6.17 Å². The van der Waals surface area contributed by atoms with Crippen molar-refractivity contribution < 1.29 is 37.3 Å². The van der Waals surface area contributed by atoms with Crippen molar-refractivity contribution in [2.45, 2.75) is 32.9 Å². The van der Waals surface area contributed by atoms with Crippen LogP contribution >= 0.6 is 0 Å². The maximum absolute atomic E-state index is 4.21. The summed E-state index contributed by atoms with van der Waals surface area (Å²) < 4.78 is 2.10. The molecule has 67 valence electrons. The van der Waals surface area contributed by atoms with Crippen molar-refractivity contribution in [1.29, 1.82) is 0 Å². The molecule has 0 saturated carbocycles. The van der Waals surface area contributed by atoms with Gasteiger partial charge in [-0.3, -0.25) is 0 Å². The van der Waals surface area contributed by atoms with E-state index < -0.39 is 0 Å². The number of aliphatic imine (C=N–C) groups is 1. The molecule has 0 bridgehead atoms. The molecular formula is C9H18N2Y. The van der Waals surface area contributed by atoms with Crippen LogP contribution in [-0.4, -0.2) is 30.2 Å². The topological polar surface area (TPSA) is 15.4 Å². The van der Waals surface area contributed by atoms with Gasteiger partial charge in [-0.05, 0) is 0 Å². The Bertz CT molecular complexity index is 153. The van der Waals surface area contributed by atoms with Gasteiger partial charge in [0, 0.05) is 39.1 Å². The Morgan fingerprint density at radius 1 is 1.50 bits per heavy atom. The number of rotatable bonds is 2. The molecule has 1 atom stereocenters. The number of hydrogen-bond donors (Lipinski definition) is 0. The van der Waals surface area contributed by atoms with Crippen LogP contribution in [0.2, 0.25) is 0 Å². The van der Waals surface area contributed by atoms with Crippen molar-refractivity contribution in [2.75, 3.05) is 7.05 Å². The van der Waals surface area contributed by atoms with Gasteiger partial charge in [0.15, 0.2) is 6.21 Å². The van der Waals surface area contributed by atoms with E-state index >= 15 is 0 Å². The van der Waals surface area contributed by atoms with Crippen LogP contribution in [0.1, 0.15) is 26.7 Å². The molecule has 0 spiro atoms. The van der Waals surface area contributed by atoms with E-state index in [1.807, 2.05) is 33.3 Å². The quantitative estimate of drug-likeness (QED) is 0.518. The second-order valence-corrected chi connectivity index (χ2v) is 2.24. The Morgan fingerprint density at radius 3 is 2.42 bits per heavy atom. The van der Waals surface area contributed by atoms with Crippen molar-refractivity contribution in [1.82, 2.24) is 0 Å². The fourth-order valence-electron chi connectivity index (χ4n) is 0.908. The molecule has 0 aliphatic carbocycles. The van der Waals surface area contributed by atoms with Crippen LogP contribution in [0.25, 0.3) is 0 Å². The second kappa shape index (κ2) is 9.53. The first kappa shape index (κ1) is 14.9. The van der Waals surface area contributed by atoms with E-state index in [1.54, 1.807) is 0 Å². The Kier molecular flexibility index (Phi) is 11.9. The van der Waals surface area contributed by atoms with Gasteiger partial charge in [0.1, 0.15) is 7.05 Å². The fraction of sp³-hybridized carbons (Fsp3) is 0.667. The van der Waals surface area contributed by atoms with E-state index in [9.17, 15) is 0 Å². The Hall–Kier alpha value is 0.444. The largest absolute Gasteiger partial charge is 0.343 e. The van der Waals surface area contributed by atoms with Gasteiger partial charge in [-0.25, -0.2) is 9.57 Å². The average Bonchev–Trinajstić information content (AvgIpc) is 2.42. The van der Waals surface area contributed by atoms with Crippen LogP contribution in [0, 0.1) is 6.92 Å². The number of nitrogens with zero attached hydrogens (tertiary/aromatic N) is 2. The summed E-state index contributed by atoms with van der Waals surface area (Å²) in [4.78, 5) is 4.21. The van der Waals surface area contributed by atoms with E-state index in [2.05, 4.69) is 16.5 Å². The second-order valence-electron chi connectivity index (χ2n) is 2.24. The predicted octanol–water partition coefficient (Wildman–Crippen LogP) is 1.75. The van der Waals surface area contributed by atoms with Gasteiger partial charge in [-0.1, -0.05) is 13.8 Å². The minimum Gasteiger partial charge on any atom is -0.343 e. The first-order valence-corrected chi connectivity index (χ1v) is 4.22. The third-order valence-electron chi connectivity index (χ3n) is 1.49. The summed E-state index contributed by atoms with van der Waals surface area (Å²) in [6, 6.07) is 0. The van der Waals surface area contributed by atoms with Gasteiger partial charge in [-0.2, -0.15) is 6.42 Å². The van der Waals surface area contributed by atoms with Crippen molar-refractivity contribution in [3.05, 3.63) is 6.92 Å². The number of hydrogen-bond acceptors (Lipinski definition) is 1. The van der Waals surface area contributed by atoms with Crippen molar-refractivity contribution in [2.24, 2.45) is 4.99 Å². The van der Waals surface area contributed by atoms with Gasteiger partial charge in [0.25, 0.3) is 0 Å². The third kappa shape index (κ3) is 5.15. The standard InChI is InChI=1S/C7H12N2.C2H6.Y/c1-3-4-7-8-5-6-9(7)2;1-2;/h5-7H,1,3-4H2,2H3;1-2H3;. The Balaban J connectivity index is 0.